The lowest BCUT2D eigenvalue weighted by Gasteiger charge is -1.89. The summed E-state index contributed by atoms with van der Waals surface area (Å²) in [7, 11) is 0. The summed E-state index contributed by atoms with van der Waals surface area (Å²) < 4.78 is 4.88. The first-order valence-electron chi connectivity index (χ1n) is 3.23. The quantitative estimate of drug-likeness (QED) is 0.471. The number of hydrogen-bond donors (Lipinski definition) is 2. The van der Waals surface area contributed by atoms with E-state index in [1.165, 1.54) is 0 Å². The summed E-state index contributed by atoms with van der Waals surface area (Å²) in [5.74, 6) is 5.68. The Morgan fingerprint density at radius 3 is 3.00 bits per heavy atom. The number of nitrogens with one attached hydrogen (secondary N) is 1. The third kappa shape index (κ3) is 0.841. The van der Waals surface area contributed by atoms with Gasteiger partial charge in [0.25, 0.3) is 0 Å². The number of anilines is 1. The smallest absolute Gasteiger partial charge is 0.246 e. The molecule has 0 aliphatic heterocycles. The molecule has 0 bridgehead atoms. The summed E-state index contributed by atoms with van der Waals surface area (Å²) in [6, 6.07) is 7.55. The van der Waals surface area contributed by atoms with E-state index in [-0.39, 0.29) is 0 Å². The fourth-order valence-electron chi connectivity index (χ4n) is 0.993. The molecule has 0 saturated heterocycles. The van der Waals surface area contributed by atoms with E-state index in [0.717, 1.165) is 10.9 Å². The van der Waals surface area contributed by atoms with Crippen LogP contribution in [0.2, 0.25) is 0 Å². The fourth-order valence-corrected chi connectivity index (χ4v) is 0.993. The van der Waals surface area contributed by atoms with Gasteiger partial charge in [0.1, 0.15) is 5.52 Å². The van der Waals surface area contributed by atoms with Gasteiger partial charge < -0.3 is 4.52 Å². The zero-order valence-electron chi connectivity index (χ0n) is 5.74. The van der Waals surface area contributed by atoms with Crippen LogP contribution in [0.3, 0.4) is 0 Å². The minimum Gasteiger partial charge on any atom is -0.336 e. The van der Waals surface area contributed by atoms with Crippen LogP contribution in [0.25, 0.3) is 10.9 Å². The van der Waals surface area contributed by atoms with Gasteiger partial charge in [-0.2, -0.15) is 0 Å². The average Bonchev–Trinajstić information content (AvgIpc) is 2.47. The van der Waals surface area contributed by atoms with Crippen LogP contribution in [0, 0.1) is 0 Å². The maximum Gasteiger partial charge on any atom is 0.246 e. The highest BCUT2D eigenvalue weighted by atomic mass is 16.5. The molecule has 0 spiro atoms. The van der Waals surface area contributed by atoms with Crippen LogP contribution in [0.15, 0.2) is 28.8 Å². The van der Waals surface area contributed by atoms with Crippen molar-refractivity contribution in [2.75, 3.05) is 5.43 Å². The van der Waals surface area contributed by atoms with Gasteiger partial charge in [-0.15, -0.1) is 0 Å². The Balaban J connectivity index is 2.76. The summed E-state index contributed by atoms with van der Waals surface area (Å²) >= 11 is 0. The molecule has 2 rings (SSSR count). The van der Waals surface area contributed by atoms with E-state index >= 15 is 0 Å². The second-order valence-corrected chi connectivity index (χ2v) is 2.17. The Kier molecular flexibility index (Phi) is 1.26. The summed E-state index contributed by atoms with van der Waals surface area (Å²) in [4.78, 5) is 0. The molecule has 1 aromatic carbocycles. The Labute approximate surface area is 62.9 Å². The van der Waals surface area contributed by atoms with E-state index in [1.807, 2.05) is 24.3 Å². The van der Waals surface area contributed by atoms with Gasteiger partial charge in [-0.3, -0.25) is 5.43 Å². The largest absolute Gasteiger partial charge is 0.336 e. The molecule has 56 valence electrons. The lowest BCUT2D eigenvalue weighted by molar-refractivity contribution is 0.441. The molecular weight excluding hydrogens is 142 g/mol. The summed E-state index contributed by atoms with van der Waals surface area (Å²) in [6.07, 6.45) is 0. The summed E-state index contributed by atoms with van der Waals surface area (Å²) in [6.45, 7) is 0. The molecular formula is C7H7N3O. The van der Waals surface area contributed by atoms with Gasteiger partial charge in [-0.05, 0) is 12.1 Å². The number of nitrogens with two attached hydrogens (primary N) is 1. The van der Waals surface area contributed by atoms with Crippen molar-refractivity contribution in [3.05, 3.63) is 24.3 Å². The van der Waals surface area contributed by atoms with Crippen LogP contribution < -0.4 is 11.3 Å². The third-order valence-corrected chi connectivity index (χ3v) is 1.52. The minimum absolute atomic E-state index is 0.501. The second-order valence-electron chi connectivity index (χ2n) is 2.17. The molecule has 0 aliphatic rings. The van der Waals surface area contributed by atoms with Crippen molar-refractivity contribution in [3.8, 4) is 0 Å². The number of benzene rings is 1. The highest BCUT2D eigenvalue weighted by molar-refractivity contribution is 5.87. The zero-order chi connectivity index (χ0) is 7.68. The highest BCUT2D eigenvalue weighted by Gasteiger charge is 2.03. The molecule has 0 atom stereocenters. The van der Waals surface area contributed by atoms with Crippen molar-refractivity contribution in [2.45, 2.75) is 0 Å². The number of rotatable bonds is 1. The highest BCUT2D eigenvalue weighted by Crippen LogP contribution is 2.20. The molecule has 1 heterocycles. The number of hydrazine groups is 1. The van der Waals surface area contributed by atoms with Crippen LogP contribution in [-0.4, -0.2) is 5.16 Å². The Hall–Kier alpha value is -1.55. The van der Waals surface area contributed by atoms with Crippen LogP contribution in [0.1, 0.15) is 0 Å². The Morgan fingerprint density at radius 1 is 1.36 bits per heavy atom. The Bertz CT molecular complexity index is 368. The second kappa shape index (κ2) is 2.25. The molecule has 0 fully saturated rings. The SMILES string of the molecule is NNc1onc2ccccc12. The van der Waals surface area contributed by atoms with Crippen LogP contribution in [0.4, 0.5) is 5.88 Å². The van der Waals surface area contributed by atoms with E-state index in [1.54, 1.807) is 0 Å². The molecule has 0 amide bonds. The van der Waals surface area contributed by atoms with Gasteiger partial charge in [0, 0.05) is 0 Å². The van der Waals surface area contributed by atoms with Gasteiger partial charge >= 0.3 is 0 Å². The number of hydrogen-bond acceptors (Lipinski definition) is 4. The maximum atomic E-state index is 5.18. The van der Waals surface area contributed by atoms with Gasteiger partial charge in [0.2, 0.25) is 5.88 Å². The molecule has 0 unspecified atom stereocenters. The molecule has 0 aliphatic carbocycles. The average molecular weight is 149 g/mol. The Morgan fingerprint density at radius 2 is 2.18 bits per heavy atom. The topological polar surface area (TPSA) is 64.1 Å². The first-order chi connectivity index (χ1) is 5.42. The van der Waals surface area contributed by atoms with Crippen molar-refractivity contribution in [2.24, 2.45) is 5.84 Å². The fraction of sp³-hybridized carbons (Fsp3) is 0. The lowest BCUT2D eigenvalue weighted by atomic mass is 10.2. The van der Waals surface area contributed by atoms with Gasteiger partial charge in [-0.1, -0.05) is 17.3 Å². The van der Waals surface area contributed by atoms with Crippen molar-refractivity contribution in [1.29, 1.82) is 0 Å². The number of fused-ring (bicyclic) bond motifs is 1. The first-order valence-corrected chi connectivity index (χ1v) is 3.23. The first kappa shape index (κ1) is 6.18. The van der Waals surface area contributed by atoms with Gasteiger partial charge in [0.15, 0.2) is 0 Å². The van der Waals surface area contributed by atoms with E-state index in [0.29, 0.717) is 5.88 Å². The molecule has 0 radical (unpaired) electrons. The van der Waals surface area contributed by atoms with Crippen molar-refractivity contribution >= 4 is 16.8 Å². The number of aromatic nitrogens is 1. The predicted octanol–water partition coefficient (Wildman–Crippen LogP) is 1.11. The normalized spacial score (nSPS) is 10.3. The monoisotopic (exact) mass is 149 g/mol. The minimum atomic E-state index is 0.501. The van der Waals surface area contributed by atoms with Gasteiger partial charge in [-0.25, -0.2) is 5.84 Å². The summed E-state index contributed by atoms with van der Waals surface area (Å²) in [5, 5.41) is 4.67. The van der Waals surface area contributed by atoms with Crippen molar-refractivity contribution in [3.63, 3.8) is 0 Å². The van der Waals surface area contributed by atoms with Crippen molar-refractivity contribution < 1.29 is 4.52 Å². The molecule has 0 saturated carbocycles. The standard InChI is InChI=1S/C7H7N3O/c8-9-7-5-3-1-2-4-6(5)10-11-7/h1-4,9H,8H2. The molecule has 4 nitrogen and oxygen atoms in total. The predicted molar refractivity (Wildman–Crippen MR) is 41.8 cm³/mol. The maximum absolute atomic E-state index is 5.18. The molecule has 3 N–H and O–H groups in total. The number of nitrogen functional groups attached to an aromatic ring is 1. The molecule has 11 heavy (non-hydrogen) atoms. The number of nitrogens with zero attached hydrogens (tertiary/aromatic N) is 1. The zero-order valence-corrected chi connectivity index (χ0v) is 5.74. The molecule has 2 aromatic rings. The van der Waals surface area contributed by atoms with E-state index in [9.17, 15) is 0 Å². The van der Waals surface area contributed by atoms with Gasteiger partial charge in [0.05, 0.1) is 5.39 Å². The van der Waals surface area contributed by atoms with Crippen LogP contribution in [-0.2, 0) is 0 Å². The molecule has 4 heteroatoms. The third-order valence-electron chi connectivity index (χ3n) is 1.52. The van der Waals surface area contributed by atoms with E-state index < -0.39 is 0 Å². The summed E-state index contributed by atoms with van der Waals surface area (Å²) in [5.41, 5.74) is 3.23. The molecule has 1 aromatic heterocycles. The van der Waals surface area contributed by atoms with Crippen LogP contribution >= 0.6 is 0 Å². The van der Waals surface area contributed by atoms with Crippen LogP contribution in [0.5, 0.6) is 0 Å². The van der Waals surface area contributed by atoms with E-state index in [4.69, 9.17) is 10.4 Å². The lowest BCUT2D eigenvalue weighted by Crippen LogP contribution is -2.05. The van der Waals surface area contributed by atoms with Crippen molar-refractivity contribution in [1.82, 2.24) is 5.16 Å². The van der Waals surface area contributed by atoms with E-state index in [2.05, 4.69) is 10.6 Å².